The molecule has 2 aromatic heterocycles. The van der Waals surface area contributed by atoms with Crippen LogP contribution in [-0.4, -0.2) is 9.97 Å². The standard InChI is InChI=1S/C15H12ClF3N2/c1-3-13(16)14-9(2)4-10(7-21-14)11-5-12(8-20-6-11)15(17,18)19/h3-8H,1-2H3/b13-3+. The van der Waals surface area contributed by atoms with Crippen molar-refractivity contribution in [3.63, 3.8) is 0 Å². The number of alkyl halides is 3. The zero-order chi connectivity index (χ0) is 15.6. The second-order valence-electron chi connectivity index (χ2n) is 4.49. The van der Waals surface area contributed by atoms with Gasteiger partial charge in [-0.15, -0.1) is 0 Å². The van der Waals surface area contributed by atoms with Crippen LogP contribution >= 0.6 is 11.6 Å². The van der Waals surface area contributed by atoms with E-state index in [0.717, 1.165) is 17.8 Å². The molecule has 0 radical (unpaired) electrons. The number of pyridine rings is 2. The van der Waals surface area contributed by atoms with Crippen LogP contribution in [0.2, 0.25) is 0 Å². The summed E-state index contributed by atoms with van der Waals surface area (Å²) >= 11 is 6.02. The molecule has 110 valence electrons. The van der Waals surface area contributed by atoms with E-state index in [1.807, 2.05) is 0 Å². The van der Waals surface area contributed by atoms with E-state index in [9.17, 15) is 13.2 Å². The zero-order valence-electron chi connectivity index (χ0n) is 11.4. The highest BCUT2D eigenvalue weighted by Gasteiger charge is 2.31. The molecule has 6 heteroatoms. The summed E-state index contributed by atoms with van der Waals surface area (Å²) in [5, 5.41) is 0.501. The molecule has 0 aliphatic rings. The maximum Gasteiger partial charge on any atom is 0.417 e. The van der Waals surface area contributed by atoms with Crippen LogP contribution in [0, 0.1) is 6.92 Å². The van der Waals surface area contributed by atoms with E-state index in [1.165, 1.54) is 12.4 Å². The number of hydrogen-bond donors (Lipinski definition) is 0. The Morgan fingerprint density at radius 3 is 2.38 bits per heavy atom. The van der Waals surface area contributed by atoms with Gasteiger partial charge in [-0.05, 0) is 31.5 Å². The fraction of sp³-hybridized carbons (Fsp3) is 0.200. The molecule has 21 heavy (non-hydrogen) atoms. The summed E-state index contributed by atoms with van der Waals surface area (Å²) in [5.74, 6) is 0. The smallest absolute Gasteiger partial charge is 0.263 e. The monoisotopic (exact) mass is 312 g/mol. The maximum absolute atomic E-state index is 12.7. The van der Waals surface area contributed by atoms with Gasteiger partial charge in [0.15, 0.2) is 0 Å². The number of rotatable bonds is 2. The number of aromatic nitrogens is 2. The molecule has 0 bridgehead atoms. The highest BCUT2D eigenvalue weighted by molar-refractivity contribution is 6.48. The Balaban J connectivity index is 2.46. The van der Waals surface area contributed by atoms with Crippen LogP contribution in [0.3, 0.4) is 0 Å². The van der Waals surface area contributed by atoms with Crippen molar-refractivity contribution in [2.45, 2.75) is 20.0 Å². The zero-order valence-corrected chi connectivity index (χ0v) is 12.1. The van der Waals surface area contributed by atoms with Gasteiger partial charge in [-0.25, -0.2) is 0 Å². The summed E-state index contributed by atoms with van der Waals surface area (Å²) in [6, 6.07) is 2.80. The lowest BCUT2D eigenvalue weighted by Gasteiger charge is -2.10. The minimum absolute atomic E-state index is 0.364. The largest absolute Gasteiger partial charge is 0.417 e. The van der Waals surface area contributed by atoms with Gasteiger partial charge in [-0.3, -0.25) is 9.97 Å². The first kappa shape index (κ1) is 15.5. The van der Waals surface area contributed by atoms with Crippen molar-refractivity contribution in [2.75, 3.05) is 0 Å². The molecular formula is C15H12ClF3N2. The number of nitrogens with zero attached hydrogens (tertiary/aromatic N) is 2. The first-order valence-corrected chi connectivity index (χ1v) is 6.52. The molecule has 0 aliphatic heterocycles. The Hall–Kier alpha value is -1.88. The van der Waals surface area contributed by atoms with Gasteiger partial charge in [0.25, 0.3) is 0 Å². The molecular weight excluding hydrogens is 301 g/mol. The summed E-state index contributed by atoms with van der Waals surface area (Å²) in [4.78, 5) is 7.85. The van der Waals surface area contributed by atoms with Crippen molar-refractivity contribution < 1.29 is 13.2 Å². The highest BCUT2D eigenvalue weighted by Crippen LogP contribution is 2.32. The molecule has 0 saturated carbocycles. The Morgan fingerprint density at radius 2 is 1.81 bits per heavy atom. The summed E-state index contributed by atoms with van der Waals surface area (Å²) in [5.41, 5.74) is 1.54. The van der Waals surface area contributed by atoms with E-state index in [2.05, 4.69) is 9.97 Å². The molecule has 2 aromatic rings. The minimum Gasteiger partial charge on any atom is -0.263 e. The van der Waals surface area contributed by atoms with Gasteiger partial charge in [0.1, 0.15) is 0 Å². The molecule has 0 saturated heterocycles. The Morgan fingerprint density at radius 1 is 1.14 bits per heavy atom. The van der Waals surface area contributed by atoms with Crippen molar-refractivity contribution in [3.05, 3.63) is 53.6 Å². The second-order valence-corrected chi connectivity index (χ2v) is 4.89. The Kier molecular flexibility index (Phi) is 4.32. The Bertz CT molecular complexity index is 694. The van der Waals surface area contributed by atoms with E-state index in [1.54, 1.807) is 26.0 Å². The van der Waals surface area contributed by atoms with Gasteiger partial charge in [0, 0.05) is 29.7 Å². The Labute approximate surface area is 125 Å². The van der Waals surface area contributed by atoms with Crippen LogP contribution < -0.4 is 0 Å². The van der Waals surface area contributed by atoms with Gasteiger partial charge in [-0.2, -0.15) is 13.2 Å². The molecule has 0 aromatic carbocycles. The summed E-state index contributed by atoms with van der Waals surface area (Å²) in [6.07, 6.45) is 0.963. The quantitative estimate of drug-likeness (QED) is 0.773. The third-order valence-corrected chi connectivity index (χ3v) is 3.35. The maximum atomic E-state index is 12.7. The normalized spacial score (nSPS) is 12.6. The lowest BCUT2D eigenvalue weighted by atomic mass is 10.0. The molecule has 0 amide bonds. The fourth-order valence-corrected chi connectivity index (χ4v) is 2.07. The van der Waals surface area contributed by atoms with Crippen molar-refractivity contribution >= 4 is 16.6 Å². The molecule has 0 N–H and O–H groups in total. The minimum atomic E-state index is -4.42. The van der Waals surface area contributed by atoms with Gasteiger partial charge in [0.05, 0.1) is 16.3 Å². The highest BCUT2D eigenvalue weighted by atomic mass is 35.5. The van der Waals surface area contributed by atoms with E-state index in [4.69, 9.17) is 11.6 Å². The van der Waals surface area contributed by atoms with E-state index >= 15 is 0 Å². The molecule has 0 atom stereocenters. The van der Waals surface area contributed by atoms with Crippen LogP contribution in [0.15, 0.2) is 36.8 Å². The molecule has 2 nitrogen and oxygen atoms in total. The van der Waals surface area contributed by atoms with Crippen LogP contribution in [-0.2, 0) is 6.18 Å². The topological polar surface area (TPSA) is 25.8 Å². The number of hydrogen-bond acceptors (Lipinski definition) is 2. The van der Waals surface area contributed by atoms with Crippen LogP contribution in [0.5, 0.6) is 0 Å². The lowest BCUT2D eigenvalue weighted by Crippen LogP contribution is -2.05. The summed E-state index contributed by atoms with van der Waals surface area (Å²) in [6.45, 7) is 3.59. The van der Waals surface area contributed by atoms with E-state index in [-0.39, 0.29) is 0 Å². The average Bonchev–Trinajstić information content (AvgIpc) is 2.45. The molecule has 0 fully saturated rings. The third-order valence-electron chi connectivity index (χ3n) is 2.96. The van der Waals surface area contributed by atoms with Crippen molar-refractivity contribution in [1.29, 1.82) is 0 Å². The van der Waals surface area contributed by atoms with Crippen LogP contribution in [0.4, 0.5) is 13.2 Å². The molecule has 2 heterocycles. The first-order valence-electron chi connectivity index (χ1n) is 6.14. The third kappa shape index (κ3) is 3.42. The molecule has 0 aliphatic carbocycles. The lowest BCUT2D eigenvalue weighted by molar-refractivity contribution is -0.137. The number of halogens is 4. The SMILES string of the molecule is C/C=C(/Cl)c1ncc(-c2cncc(C(F)(F)F)c2)cc1C. The molecule has 2 rings (SSSR count). The second kappa shape index (κ2) is 5.85. The van der Waals surface area contributed by atoms with Gasteiger partial charge >= 0.3 is 6.18 Å². The summed E-state index contributed by atoms with van der Waals surface area (Å²) < 4.78 is 38.1. The predicted molar refractivity (Wildman–Crippen MR) is 76.7 cm³/mol. The van der Waals surface area contributed by atoms with E-state index in [0.29, 0.717) is 21.9 Å². The van der Waals surface area contributed by atoms with Crippen molar-refractivity contribution in [1.82, 2.24) is 9.97 Å². The summed E-state index contributed by atoms with van der Waals surface area (Å²) in [7, 11) is 0. The first-order chi connectivity index (χ1) is 9.82. The van der Waals surface area contributed by atoms with E-state index < -0.39 is 11.7 Å². The molecule has 0 spiro atoms. The van der Waals surface area contributed by atoms with Crippen molar-refractivity contribution in [3.8, 4) is 11.1 Å². The van der Waals surface area contributed by atoms with Gasteiger partial charge in [-0.1, -0.05) is 17.7 Å². The van der Waals surface area contributed by atoms with Crippen LogP contribution in [0.25, 0.3) is 16.2 Å². The predicted octanol–water partition coefficient (Wildman–Crippen LogP) is 5.07. The van der Waals surface area contributed by atoms with Gasteiger partial charge in [0.2, 0.25) is 0 Å². The molecule has 0 unspecified atom stereocenters. The fourth-order valence-electron chi connectivity index (χ4n) is 1.87. The van der Waals surface area contributed by atoms with Gasteiger partial charge < -0.3 is 0 Å². The van der Waals surface area contributed by atoms with Crippen LogP contribution in [0.1, 0.15) is 23.7 Å². The number of allylic oxidation sites excluding steroid dienone is 1. The average molecular weight is 313 g/mol. The number of aryl methyl sites for hydroxylation is 1. The van der Waals surface area contributed by atoms with Crippen molar-refractivity contribution in [2.24, 2.45) is 0 Å².